The summed E-state index contributed by atoms with van der Waals surface area (Å²) in [5, 5.41) is 19.0. The molecular weight excluding hydrogens is 372 g/mol. The number of hydrogen-bond acceptors (Lipinski definition) is 4. The molecule has 0 spiro atoms. The van der Waals surface area contributed by atoms with Crippen molar-refractivity contribution in [3.63, 3.8) is 0 Å². The second-order valence-corrected chi connectivity index (χ2v) is 7.20. The van der Waals surface area contributed by atoms with Crippen LogP contribution in [0.4, 0.5) is 16.2 Å². The molecule has 29 heavy (non-hydrogen) atoms. The molecule has 0 bridgehead atoms. The maximum Gasteiger partial charge on any atom is 0.319 e. The average Bonchev–Trinajstić information content (AvgIpc) is 2.67. The average molecular weight is 394 g/mol. The highest BCUT2D eigenvalue weighted by molar-refractivity contribution is 5.97. The third-order valence-electron chi connectivity index (χ3n) is 4.84. The monoisotopic (exact) mass is 394 g/mol. The number of nitrogens with one attached hydrogen (secondary N) is 3. The number of hydrogen-bond donors (Lipinski definition) is 3. The van der Waals surface area contributed by atoms with Crippen LogP contribution in [0.1, 0.15) is 36.9 Å². The summed E-state index contributed by atoms with van der Waals surface area (Å²) in [7, 11) is 0. The van der Waals surface area contributed by atoms with Crippen LogP contribution in [0.3, 0.4) is 0 Å². The third-order valence-corrected chi connectivity index (χ3v) is 4.84. The molecule has 0 aromatic heterocycles. The molecule has 3 N–H and O–H groups in total. The normalized spacial score (nSPS) is 18.7. The summed E-state index contributed by atoms with van der Waals surface area (Å²) in [6, 6.07) is 12.3. The molecule has 0 aliphatic carbocycles. The molecule has 1 heterocycles. The number of carbonyl (C=O) groups excluding carboxylic acids is 2. The predicted molar refractivity (Wildman–Crippen MR) is 109 cm³/mol. The molecular formula is C21H22N4O4. The van der Waals surface area contributed by atoms with Crippen LogP contribution in [-0.4, -0.2) is 16.9 Å². The summed E-state index contributed by atoms with van der Waals surface area (Å²) < 4.78 is 0. The van der Waals surface area contributed by atoms with Crippen molar-refractivity contribution in [3.8, 4) is 0 Å². The van der Waals surface area contributed by atoms with E-state index in [9.17, 15) is 19.7 Å². The van der Waals surface area contributed by atoms with Gasteiger partial charge in [0.15, 0.2) is 0 Å². The van der Waals surface area contributed by atoms with E-state index in [2.05, 4.69) is 36.4 Å². The summed E-state index contributed by atoms with van der Waals surface area (Å²) in [6.45, 7) is 8.00. The number of nitro groups is 1. The fraction of sp³-hybridized carbons (Fsp3) is 0.238. The number of benzene rings is 2. The third kappa shape index (κ3) is 4.43. The zero-order valence-electron chi connectivity index (χ0n) is 16.1. The molecule has 2 aromatic carbocycles. The Morgan fingerprint density at radius 1 is 1.21 bits per heavy atom. The van der Waals surface area contributed by atoms with Gasteiger partial charge in [-0.1, -0.05) is 50.8 Å². The molecule has 0 radical (unpaired) electrons. The molecule has 1 saturated heterocycles. The van der Waals surface area contributed by atoms with E-state index < -0.39 is 28.8 Å². The standard InChI is InChI=1S/C21H22N4O4/c1-12(2)14-7-9-15(10-8-14)19-18(13(3)22-21(27)24-19)20(26)23-16-5-4-6-17(11-16)25(28)29/h4-12,18-19H,3H2,1-2H3,(H,23,26)(H2,22,24,27)/t18-,19+/m1/s1. The lowest BCUT2D eigenvalue weighted by molar-refractivity contribution is -0.384. The van der Waals surface area contributed by atoms with Crippen molar-refractivity contribution in [1.29, 1.82) is 0 Å². The Hall–Kier alpha value is -3.68. The van der Waals surface area contributed by atoms with Crippen LogP contribution in [-0.2, 0) is 4.79 Å². The summed E-state index contributed by atoms with van der Waals surface area (Å²) >= 11 is 0. The zero-order chi connectivity index (χ0) is 21.1. The van der Waals surface area contributed by atoms with Gasteiger partial charge in [0.1, 0.15) is 5.92 Å². The Labute approximate surface area is 168 Å². The first-order valence-corrected chi connectivity index (χ1v) is 9.17. The van der Waals surface area contributed by atoms with Crippen LogP contribution in [0.2, 0.25) is 0 Å². The fourth-order valence-electron chi connectivity index (χ4n) is 3.28. The van der Waals surface area contributed by atoms with Crippen molar-refractivity contribution < 1.29 is 14.5 Å². The number of rotatable bonds is 5. The van der Waals surface area contributed by atoms with Crippen LogP contribution in [0.25, 0.3) is 0 Å². The lowest BCUT2D eigenvalue weighted by Gasteiger charge is -2.34. The topological polar surface area (TPSA) is 113 Å². The molecule has 0 saturated carbocycles. The minimum absolute atomic E-state index is 0.127. The number of nitro benzene ring substituents is 1. The van der Waals surface area contributed by atoms with Crippen LogP contribution >= 0.6 is 0 Å². The highest BCUT2D eigenvalue weighted by Gasteiger charge is 2.37. The second kappa shape index (κ2) is 8.14. The van der Waals surface area contributed by atoms with Gasteiger partial charge in [-0.25, -0.2) is 4.79 Å². The lowest BCUT2D eigenvalue weighted by Crippen LogP contribution is -2.51. The van der Waals surface area contributed by atoms with Gasteiger partial charge in [0.2, 0.25) is 5.91 Å². The van der Waals surface area contributed by atoms with Gasteiger partial charge in [0.05, 0.1) is 11.0 Å². The van der Waals surface area contributed by atoms with Crippen molar-refractivity contribution in [2.24, 2.45) is 5.92 Å². The molecule has 2 atom stereocenters. The number of urea groups is 1. The second-order valence-electron chi connectivity index (χ2n) is 7.20. The van der Waals surface area contributed by atoms with Gasteiger partial charge in [0.25, 0.3) is 5.69 Å². The Bertz CT molecular complexity index is 969. The molecule has 1 aliphatic rings. The van der Waals surface area contributed by atoms with Crippen LogP contribution < -0.4 is 16.0 Å². The summed E-state index contributed by atoms with van der Waals surface area (Å²) in [6.07, 6.45) is 0. The molecule has 8 heteroatoms. The molecule has 2 aromatic rings. The number of non-ortho nitro benzene ring substituents is 1. The van der Waals surface area contributed by atoms with Gasteiger partial charge in [-0.2, -0.15) is 0 Å². The first-order valence-electron chi connectivity index (χ1n) is 9.17. The Kier molecular flexibility index (Phi) is 5.63. The van der Waals surface area contributed by atoms with E-state index in [1.807, 2.05) is 24.3 Å². The smallest absolute Gasteiger partial charge is 0.319 e. The van der Waals surface area contributed by atoms with Gasteiger partial charge < -0.3 is 16.0 Å². The summed E-state index contributed by atoms with van der Waals surface area (Å²) in [5.41, 5.74) is 2.34. The van der Waals surface area contributed by atoms with Gasteiger partial charge in [0, 0.05) is 23.5 Å². The van der Waals surface area contributed by atoms with Crippen molar-refractivity contribution in [1.82, 2.24) is 10.6 Å². The number of anilines is 1. The van der Waals surface area contributed by atoms with E-state index in [1.165, 1.54) is 18.2 Å². The van der Waals surface area contributed by atoms with Crippen molar-refractivity contribution >= 4 is 23.3 Å². The maximum atomic E-state index is 13.0. The van der Waals surface area contributed by atoms with Crippen LogP contribution in [0.15, 0.2) is 60.8 Å². The Balaban J connectivity index is 1.88. The van der Waals surface area contributed by atoms with Crippen LogP contribution in [0.5, 0.6) is 0 Å². The highest BCUT2D eigenvalue weighted by Crippen LogP contribution is 2.31. The zero-order valence-corrected chi connectivity index (χ0v) is 16.1. The van der Waals surface area contributed by atoms with E-state index in [0.717, 1.165) is 11.1 Å². The van der Waals surface area contributed by atoms with Crippen molar-refractivity contribution in [3.05, 3.63) is 82.0 Å². The van der Waals surface area contributed by atoms with E-state index in [0.29, 0.717) is 11.6 Å². The van der Waals surface area contributed by atoms with E-state index in [-0.39, 0.29) is 11.4 Å². The first-order chi connectivity index (χ1) is 13.8. The molecule has 8 nitrogen and oxygen atoms in total. The van der Waals surface area contributed by atoms with Crippen molar-refractivity contribution in [2.75, 3.05) is 5.32 Å². The molecule has 150 valence electrons. The van der Waals surface area contributed by atoms with E-state index in [1.54, 1.807) is 6.07 Å². The number of nitrogens with zero attached hydrogens (tertiary/aromatic N) is 1. The van der Waals surface area contributed by atoms with Gasteiger partial charge in [-0.15, -0.1) is 0 Å². The molecule has 0 unspecified atom stereocenters. The maximum absolute atomic E-state index is 13.0. The number of carbonyl (C=O) groups is 2. The first kappa shape index (κ1) is 20.1. The van der Waals surface area contributed by atoms with Crippen molar-refractivity contribution in [2.45, 2.75) is 25.8 Å². The number of amides is 3. The molecule has 1 aliphatic heterocycles. The lowest BCUT2D eigenvalue weighted by atomic mass is 9.87. The highest BCUT2D eigenvalue weighted by atomic mass is 16.6. The molecule has 1 fully saturated rings. The molecule has 3 rings (SSSR count). The van der Waals surface area contributed by atoms with Gasteiger partial charge in [-0.3, -0.25) is 14.9 Å². The Morgan fingerprint density at radius 3 is 2.52 bits per heavy atom. The minimum atomic E-state index is -0.795. The van der Waals surface area contributed by atoms with Gasteiger partial charge >= 0.3 is 6.03 Å². The van der Waals surface area contributed by atoms with Crippen LogP contribution in [0, 0.1) is 16.0 Å². The fourth-order valence-corrected chi connectivity index (χ4v) is 3.28. The van der Waals surface area contributed by atoms with Gasteiger partial charge in [-0.05, 0) is 23.1 Å². The summed E-state index contributed by atoms with van der Waals surface area (Å²) in [4.78, 5) is 35.4. The Morgan fingerprint density at radius 2 is 1.90 bits per heavy atom. The summed E-state index contributed by atoms with van der Waals surface area (Å²) in [5.74, 6) is -0.868. The predicted octanol–water partition coefficient (Wildman–Crippen LogP) is 3.84. The van der Waals surface area contributed by atoms with E-state index >= 15 is 0 Å². The SMILES string of the molecule is C=C1NC(=O)N[C@@H](c2ccc(C(C)C)cc2)[C@@H]1C(=O)Nc1cccc([N+](=O)[O-])c1. The van der Waals surface area contributed by atoms with E-state index in [4.69, 9.17) is 0 Å². The minimum Gasteiger partial charge on any atom is -0.330 e. The molecule has 3 amide bonds. The quantitative estimate of drug-likeness (QED) is 0.528. The largest absolute Gasteiger partial charge is 0.330 e.